The minimum atomic E-state index is -3.68. The second kappa shape index (κ2) is 8.48. The number of amides is 1. The van der Waals surface area contributed by atoms with Gasteiger partial charge in [0.15, 0.2) is 0 Å². The van der Waals surface area contributed by atoms with E-state index in [1.807, 2.05) is 18.2 Å². The van der Waals surface area contributed by atoms with Crippen molar-refractivity contribution in [2.75, 3.05) is 50.6 Å². The van der Waals surface area contributed by atoms with Gasteiger partial charge in [-0.3, -0.25) is 4.79 Å². The molecule has 1 amide bonds. The summed E-state index contributed by atoms with van der Waals surface area (Å²) in [5, 5.41) is 3.04. The van der Waals surface area contributed by atoms with Crippen LogP contribution >= 0.6 is 11.6 Å². The van der Waals surface area contributed by atoms with Crippen LogP contribution in [-0.4, -0.2) is 59.0 Å². The lowest BCUT2D eigenvalue weighted by Crippen LogP contribution is -2.36. The standard InChI is InChI=1S/C19H22ClN3O4S/c1-22(2)28(25,26)14-7-8-16(20)15(13-14)19(24)21-17-5-3-4-6-18(17)23-9-11-27-12-10-23/h3-8,13H,9-12H2,1-2H3,(H,21,24). The number of rotatable bonds is 5. The normalized spacial score (nSPS) is 14.9. The highest BCUT2D eigenvalue weighted by atomic mass is 35.5. The van der Waals surface area contributed by atoms with Crippen molar-refractivity contribution in [1.29, 1.82) is 0 Å². The summed E-state index contributed by atoms with van der Waals surface area (Å²) in [5.74, 6) is -0.471. The van der Waals surface area contributed by atoms with Crippen molar-refractivity contribution in [1.82, 2.24) is 4.31 Å². The molecule has 1 fully saturated rings. The topological polar surface area (TPSA) is 79.0 Å². The van der Waals surface area contributed by atoms with Crippen molar-refractivity contribution in [2.24, 2.45) is 0 Å². The molecule has 1 heterocycles. The average Bonchev–Trinajstić information content (AvgIpc) is 2.69. The maximum absolute atomic E-state index is 12.9. The van der Waals surface area contributed by atoms with E-state index < -0.39 is 15.9 Å². The Bertz CT molecular complexity index is 973. The van der Waals surface area contributed by atoms with E-state index in [0.29, 0.717) is 18.9 Å². The first-order valence-electron chi connectivity index (χ1n) is 8.76. The number of anilines is 2. The number of nitrogens with one attached hydrogen (secondary N) is 1. The van der Waals surface area contributed by atoms with Crippen LogP contribution in [0.3, 0.4) is 0 Å². The van der Waals surface area contributed by atoms with Crippen LogP contribution in [0.5, 0.6) is 0 Å². The molecule has 9 heteroatoms. The first kappa shape index (κ1) is 20.6. The number of para-hydroxylation sites is 2. The van der Waals surface area contributed by atoms with Gasteiger partial charge in [0.05, 0.1) is 40.1 Å². The van der Waals surface area contributed by atoms with Crippen LogP contribution in [0, 0.1) is 0 Å². The molecule has 1 N–H and O–H groups in total. The molecular formula is C19H22ClN3O4S. The van der Waals surface area contributed by atoms with Crippen LogP contribution in [0.4, 0.5) is 11.4 Å². The summed E-state index contributed by atoms with van der Waals surface area (Å²) in [4.78, 5) is 15.0. The van der Waals surface area contributed by atoms with Crippen molar-refractivity contribution < 1.29 is 17.9 Å². The Labute approximate surface area is 169 Å². The number of morpholine rings is 1. The number of ether oxygens (including phenoxy) is 1. The first-order chi connectivity index (χ1) is 13.3. The van der Waals surface area contributed by atoms with E-state index in [4.69, 9.17) is 16.3 Å². The Hall–Kier alpha value is -2.13. The highest BCUT2D eigenvalue weighted by Crippen LogP contribution is 2.28. The van der Waals surface area contributed by atoms with E-state index in [0.717, 1.165) is 23.1 Å². The summed E-state index contributed by atoms with van der Waals surface area (Å²) in [6.07, 6.45) is 0. The minimum absolute atomic E-state index is 0.00788. The summed E-state index contributed by atoms with van der Waals surface area (Å²) in [6, 6.07) is 11.6. The molecule has 1 aliphatic heterocycles. The molecule has 28 heavy (non-hydrogen) atoms. The third-order valence-corrected chi connectivity index (χ3v) is 6.61. The number of halogens is 1. The van der Waals surface area contributed by atoms with E-state index in [-0.39, 0.29) is 15.5 Å². The number of sulfonamides is 1. The van der Waals surface area contributed by atoms with Gasteiger partial charge < -0.3 is 15.0 Å². The SMILES string of the molecule is CN(C)S(=O)(=O)c1ccc(Cl)c(C(=O)Nc2ccccc2N2CCOCC2)c1. The molecule has 1 saturated heterocycles. The molecule has 0 aliphatic carbocycles. The molecule has 0 unspecified atom stereocenters. The highest BCUT2D eigenvalue weighted by molar-refractivity contribution is 7.89. The largest absolute Gasteiger partial charge is 0.378 e. The molecule has 1 aliphatic rings. The Morgan fingerprint density at radius 1 is 1.14 bits per heavy atom. The first-order valence-corrected chi connectivity index (χ1v) is 10.6. The van der Waals surface area contributed by atoms with Gasteiger partial charge in [0.25, 0.3) is 5.91 Å². The fourth-order valence-corrected chi connectivity index (χ4v) is 4.03. The van der Waals surface area contributed by atoms with Crippen LogP contribution in [-0.2, 0) is 14.8 Å². The zero-order chi connectivity index (χ0) is 20.3. The smallest absolute Gasteiger partial charge is 0.257 e. The van der Waals surface area contributed by atoms with Crippen molar-refractivity contribution in [2.45, 2.75) is 4.90 Å². The number of benzene rings is 2. The van der Waals surface area contributed by atoms with Gasteiger partial charge in [0, 0.05) is 27.2 Å². The predicted octanol–water partition coefficient (Wildman–Crippen LogP) is 2.68. The van der Waals surface area contributed by atoms with E-state index >= 15 is 0 Å². The second-order valence-corrected chi connectivity index (χ2v) is 9.06. The number of hydrogen-bond donors (Lipinski definition) is 1. The molecule has 3 rings (SSSR count). The fraction of sp³-hybridized carbons (Fsp3) is 0.316. The lowest BCUT2D eigenvalue weighted by Gasteiger charge is -2.30. The van der Waals surface area contributed by atoms with Crippen molar-refractivity contribution >= 4 is 38.9 Å². The third-order valence-electron chi connectivity index (χ3n) is 4.47. The lowest BCUT2D eigenvalue weighted by atomic mass is 10.2. The third kappa shape index (κ3) is 4.30. The molecular weight excluding hydrogens is 402 g/mol. The minimum Gasteiger partial charge on any atom is -0.378 e. The molecule has 0 aromatic heterocycles. The Balaban J connectivity index is 1.90. The van der Waals surface area contributed by atoms with Crippen LogP contribution in [0.25, 0.3) is 0 Å². The molecule has 2 aromatic carbocycles. The monoisotopic (exact) mass is 423 g/mol. The van der Waals surface area contributed by atoms with E-state index in [2.05, 4.69) is 10.2 Å². The van der Waals surface area contributed by atoms with Gasteiger partial charge in [-0.05, 0) is 30.3 Å². The van der Waals surface area contributed by atoms with Crippen molar-refractivity contribution in [3.63, 3.8) is 0 Å². The van der Waals surface area contributed by atoms with Gasteiger partial charge in [0.2, 0.25) is 10.0 Å². The van der Waals surface area contributed by atoms with Gasteiger partial charge in [-0.2, -0.15) is 0 Å². The highest BCUT2D eigenvalue weighted by Gasteiger charge is 2.22. The van der Waals surface area contributed by atoms with Crippen molar-refractivity contribution in [3.05, 3.63) is 53.1 Å². The fourth-order valence-electron chi connectivity index (χ4n) is 2.90. The van der Waals surface area contributed by atoms with Crippen LogP contribution < -0.4 is 10.2 Å². The number of hydrogen-bond acceptors (Lipinski definition) is 5. The molecule has 0 atom stereocenters. The summed E-state index contributed by atoms with van der Waals surface area (Å²) in [6.45, 7) is 2.70. The van der Waals surface area contributed by atoms with Crippen LogP contribution in [0.2, 0.25) is 5.02 Å². The molecule has 0 spiro atoms. The van der Waals surface area contributed by atoms with Gasteiger partial charge in [-0.15, -0.1) is 0 Å². The second-order valence-electron chi connectivity index (χ2n) is 6.50. The maximum Gasteiger partial charge on any atom is 0.257 e. The summed E-state index contributed by atoms with van der Waals surface area (Å²) in [7, 11) is -0.810. The van der Waals surface area contributed by atoms with Gasteiger partial charge >= 0.3 is 0 Å². The number of nitrogens with zero attached hydrogens (tertiary/aromatic N) is 2. The Morgan fingerprint density at radius 2 is 1.82 bits per heavy atom. The number of carbonyl (C=O) groups is 1. The van der Waals surface area contributed by atoms with Gasteiger partial charge in [0.1, 0.15) is 0 Å². The number of carbonyl (C=O) groups excluding carboxylic acids is 1. The van der Waals surface area contributed by atoms with Crippen LogP contribution in [0.15, 0.2) is 47.4 Å². The lowest BCUT2D eigenvalue weighted by molar-refractivity contribution is 0.102. The Morgan fingerprint density at radius 3 is 2.50 bits per heavy atom. The van der Waals surface area contributed by atoms with Crippen molar-refractivity contribution in [3.8, 4) is 0 Å². The van der Waals surface area contributed by atoms with E-state index in [1.165, 1.54) is 32.3 Å². The Kier molecular flexibility index (Phi) is 6.24. The van der Waals surface area contributed by atoms with Crippen LogP contribution in [0.1, 0.15) is 10.4 Å². The quantitative estimate of drug-likeness (QED) is 0.799. The predicted molar refractivity (Wildman–Crippen MR) is 110 cm³/mol. The molecule has 0 bridgehead atoms. The molecule has 7 nitrogen and oxygen atoms in total. The molecule has 2 aromatic rings. The molecule has 0 radical (unpaired) electrons. The van der Waals surface area contributed by atoms with E-state index in [9.17, 15) is 13.2 Å². The molecule has 0 saturated carbocycles. The maximum atomic E-state index is 12.9. The summed E-state index contributed by atoms with van der Waals surface area (Å²) in [5.41, 5.74) is 1.61. The zero-order valence-corrected chi connectivity index (χ0v) is 17.3. The molecule has 150 valence electrons. The van der Waals surface area contributed by atoms with Gasteiger partial charge in [-0.1, -0.05) is 23.7 Å². The average molecular weight is 424 g/mol. The summed E-state index contributed by atoms with van der Waals surface area (Å²) < 4.78 is 31.2. The zero-order valence-electron chi connectivity index (χ0n) is 15.7. The van der Waals surface area contributed by atoms with E-state index in [1.54, 1.807) is 6.07 Å². The summed E-state index contributed by atoms with van der Waals surface area (Å²) >= 11 is 6.18. The van der Waals surface area contributed by atoms with Gasteiger partial charge in [-0.25, -0.2) is 12.7 Å².